The van der Waals surface area contributed by atoms with Gasteiger partial charge < -0.3 is 0 Å². The minimum absolute atomic E-state index is 0.364. The Bertz CT molecular complexity index is 824. The van der Waals surface area contributed by atoms with E-state index in [0.717, 1.165) is 32.8 Å². The number of aryl methyl sites for hydroxylation is 4. The molecule has 3 rings (SSSR count). The summed E-state index contributed by atoms with van der Waals surface area (Å²) in [5.41, 5.74) is 6.29. The molecule has 1 aromatic carbocycles. The lowest BCUT2D eigenvalue weighted by molar-refractivity contribution is 0.753. The van der Waals surface area contributed by atoms with Crippen LogP contribution in [0.2, 0.25) is 0 Å². The molecule has 0 radical (unpaired) electrons. The molecule has 110 valence electrons. The van der Waals surface area contributed by atoms with Gasteiger partial charge in [0, 0.05) is 11.5 Å². The predicted octanol–water partition coefficient (Wildman–Crippen LogP) is 4.19. The molecule has 0 fully saturated rings. The number of rotatable bonds is 2. The third kappa shape index (κ3) is 2.19. The van der Waals surface area contributed by atoms with Crippen molar-refractivity contribution in [1.29, 1.82) is 0 Å². The molecule has 3 aromatic rings. The normalized spacial score (nSPS) is 11.5. The fourth-order valence-corrected chi connectivity index (χ4v) is 3.76. The molecule has 0 bridgehead atoms. The molecule has 0 aliphatic heterocycles. The summed E-state index contributed by atoms with van der Waals surface area (Å²) in [4.78, 5) is 4.67. The van der Waals surface area contributed by atoms with Crippen molar-refractivity contribution in [3.05, 3.63) is 39.3 Å². The Balaban J connectivity index is 2.44. The molecule has 0 amide bonds. The second-order valence-corrected chi connectivity index (χ2v) is 6.45. The third-order valence-electron chi connectivity index (χ3n) is 3.67. The maximum absolute atomic E-state index is 6.13. The van der Waals surface area contributed by atoms with Gasteiger partial charge in [0.15, 0.2) is 5.65 Å². The predicted molar refractivity (Wildman–Crippen MR) is 89.3 cm³/mol. The molecule has 4 nitrogen and oxygen atoms in total. The minimum Gasteiger partial charge on any atom is -0.279 e. The first-order valence-corrected chi connectivity index (χ1v) is 8.00. The van der Waals surface area contributed by atoms with Crippen LogP contribution in [0.3, 0.4) is 0 Å². The molecule has 0 aliphatic rings. The van der Waals surface area contributed by atoms with E-state index in [2.05, 4.69) is 56.6 Å². The van der Waals surface area contributed by atoms with E-state index in [1.807, 2.05) is 18.7 Å². The van der Waals surface area contributed by atoms with Gasteiger partial charge in [-0.1, -0.05) is 15.9 Å². The Morgan fingerprint density at radius 1 is 1.19 bits per heavy atom. The highest BCUT2D eigenvalue weighted by Gasteiger charge is 2.20. The van der Waals surface area contributed by atoms with Gasteiger partial charge in [0.2, 0.25) is 0 Å². The van der Waals surface area contributed by atoms with Gasteiger partial charge in [-0.25, -0.2) is 9.67 Å². The van der Waals surface area contributed by atoms with Gasteiger partial charge in [0.05, 0.1) is 17.3 Å². The molecule has 0 spiro atoms. The second kappa shape index (κ2) is 5.14. The van der Waals surface area contributed by atoms with Crippen LogP contribution in [-0.2, 0) is 12.9 Å². The van der Waals surface area contributed by atoms with Crippen LogP contribution in [0.4, 0.5) is 0 Å². The molecular formula is C15H16BrClN4. The second-order valence-electron chi connectivity index (χ2n) is 5.27. The van der Waals surface area contributed by atoms with Crippen LogP contribution in [-0.4, -0.2) is 19.3 Å². The van der Waals surface area contributed by atoms with Crippen LogP contribution >= 0.6 is 27.5 Å². The van der Waals surface area contributed by atoms with Gasteiger partial charge in [-0.3, -0.25) is 4.57 Å². The number of aromatic nitrogens is 4. The maximum Gasteiger partial charge on any atom is 0.163 e. The van der Waals surface area contributed by atoms with E-state index < -0.39 is 0 Å². The minimum atomic E-state index is 0.364. The number of hydrogen-bond donors (Lipinski definition) is 0. The molecule has 2 heterocycles. The van der Waals surface area contributed by atoms with Gasteiger partial charge >= 0.3 is 0 Å². The average molecular weight is 368 g/mol. The fraction of sp³-hybridized carbons (Fsp3) is 0.333. The summed E-state index contributed by atoms with van der Waals surface area (Å²) in [6, 6.07) is 4.21. The van der Waals surface area contributed by atoms with Crippen LogP contribution < -0.4 is 0 Å². The lowest BCUT2D eigenvalue weighted by atomic mass is 10.1. The standard InChI is InChI=1S/C15H16BrClN4/c1-8-5-11(16)6-9(2)14(8)21-12(7-17)18-13-10(3)19-20(4)15(13)21/h5-6H,7H2,1-4H3. The van der Waals surface area contributed by atoms with E-state index in [-0.39, 0.29) is 0 Å². The van der Waals surface area contributed by atoms with Gasteiger partial charge in [0.1, 0.15) is 11.3 Å². The molecule has 0 aliphatic carbocycles. The molecule has 21 heavy (non-hydrogen) atoms. The summed E-state index contributed by atoms with van der Waals surface area (Å²) in [5, 5.41) is 4.47. The fourth-order valence-electron chi connectivity index (χ4n) is 2.90. The summed E-state index contributed by atoms with van der Waals surface area (Å²) in [5.74, 6) is 1.21. The van der Waals surface area contributed by atoms with Crippen molar-refractivity contribution in [2.75, 3.05) is 0 Å². The first kappa shape index (κ1) is 14.6. The van der Waals surface area contributed by atoms with Crippen molar-refractivity contribution in [2.45, 2.75) is 26.7 Å². The lowest BCUT2D eigenvalue weighted by Crippen LogP contribution is -2.07. The molecule has 0 atom stereocenters. The zero-order chi connectivity index (χ0) is 15.3. The van der Waals surface area contributed by atoms with E-state index in [0.29, 0.717) is 5.88 Å². The molecule has 0 unspecified atom stereocenters. The number of imidazole rings is 1. The van der Waals surface area contributed by atoms with Crippen molar-refractivity contribution in [3.8, 4) is 5.69 Å². The Morgan fingerprint density at radius 2 is 1.81 bits per heavy atom. The van der Waals surface area contributed by atoms with E-state index >= 15 is 0 Å². The molecule has 0 saturated carbocycles. The van der Waals surface area contributed by atoms with E-state index in [1.54, 1.807) is 0 Å². The molecule has 0 saturated heterocycles. The van der Waals surface area contributed by atoms with Crippen LogP contribution in [0.5, 0.6) is 0 Å². The Labute approximate surface area is 136 Å². The number of alkyl halides is 1. The highest BCUT2D eigenvalue weighted by molar-refractivity contribution is 9.10. The van der Waals surface area contributed by atoms with Crippen molar-refractivity contribution < 1.29 is 0 Å². The van der Waals surface area contributed by atoms with E-state index in [4.69, 9.17) is 11.6 Å². The maximum atomic E-state index is 6.13. The largest absolute Gasteiger partial charge is 0.279 e. The van der Waals surface area contributed by atoms with Crippen LogP contribution in [0.15, 0.2) is 16.6 Å². The van der Waals surface area contributed by atoms with Crippen molar-refractivity contribution in [3.63, 3.8) is 0 Å². The number of hydrogen-bond acceptors (Lipinski definition) is 2. The number of nitrogens with zero attached hydrogens (tertiary/aromatic N) is 4. The zero-order valence-corrected chi connectivity index (χ0v) is 14.7. The molecule has 6 heteroatoms. The highest BCUT2D eigenvalue weighted by Crippen LogP contribution is 2.30. The summed E-state index contributed by atoms with van der Waals surface area (Å²) < 4.78 is 5.07. The summed E-state index contributed by atoms with van der Waals surface area (Å²) in [6.45, 7) is 6.17. The van der Waals surface area contributed by atoms with Crippen molar-refractivity contribution in [1.82, 2.24) is 19.3 Å². The Kier molecular flexibility index (Phi) is 3.58. The van der Waals surface area contributed by atoms with Gasteiger partial charge in [-0.15, -0.1) is 11.6 Å². The monoisotopic (exact) mass is 366 g/mol. The zero-order valence-electron chi connectivity index (χ0n) is 12.4. The average Bonchev–Trinajstić information content (AvgIpc) is 2.88. The SMILES string of the molecule is Cc1cc(Br)cc(C)c1-n1c(CCl)nc2c(C)nn(C)c21. The number of benzene rings is 1. The Morgan fingerprint density at radius 3 is 2.38 bits per heavy atom. The van der Waals surface area contributed by atoms with E-state index in [9.17, 15) is 0 Å². The first-order chi connectivity index (χ1) is 9.93. The van der Waals surface area contributed by atoms with Crippen LogP contribution in [0, 0.1) is 20.8 Å². The van der Waals surface area contributed by atoms with Gasteiger partial charge in [0.25, 0.3) is 0 Å². The summed E-state index contributed by atoms with van der Waals surface area (Å²) in [7, 11) is 1.94. The van der Waals surface area contributed by atoms with Crippen molar-refractivity contribution >= 4 is 38.7 Å². The lowest BCUT2D eigenvalue weighted by Gasteiger charge is -2.15. The quantitative estimate of drug-likeness (QED) is 0.637. The summed E-state index contributed by atoms with van der Waals surface area (Å²) in [6.07, 6.45) is 0. The van der Waals surface area contributed by atoms with Crippen LogP contribution in [0.1, 0.15) is 22.6 Å². The van der Waals surface area contributed by atoms with Gasteiger partial charge in [-0.2, -0.15) is 5.10 Å². The smallest absolute Gasteiger partial charge is 0.163 e. The topological polar surface area (TPSA) is 35.6 Å². The van der Waals surface area contributed by atoms with Crippen molar-refractivity contribution in [2.24, 2.45) is 7.05 Å². The molecule has 0 N–H and O–H groups in total. The van der Waals surface area contributed by atoms with Crippen LogP contribution in [0.25, 0.3) is 16.9 Å². The first-order valence-electron chi connectivity index (χ1n) is 6.68. The third-order valence-corrected chi connectivity index (χ3v) is 4.37. The van der Waals surface area contributed by atoms with E-state index in [1.165, 1.54) is 11.1 Å². The number of halogens is 2. The highest BCUT2D eigenvalue weighted by atomic mass is 79.9. The summed E-state index contributed by atoms with van der Waals surface area (Å²) >= 11 is 9.67. The Hall–Kier alpha value is -1.33. The molecule has 2 aromatic heterocycles. The molecular weight excluding hydrogens is 352 g/mol. The van der Waals surface area contributed by atoms with Gasteiger partial charge in [-0.05, 0) is 44.0 Å². The number of fused-ring (bicyclic) bond motifs is 1.